The highest BCUT2D eigenvalue weighted by molar-refractivity contribution is 5.87. The van der Waals surface area contributed by atoms with Gasteiger partial charge in [0, 0.05) is 18.7 Å². The van der Waals surface area contributed by atoms with E-state index in [1.54, 1.807) is 0 Å². The van der Waals surface area contributed by atoms with E-state index >= 15 is 0 Å². The van der Waals surface area contributed by atoms with E-state index in [4.69, 9.17) is 11.1 Å². The summed E-state index contributed by atoms with van der Waals surface area (Å²) in [4.78, 5) is 0. The molecule has 0 atom stereocenters. The lowest BCUT2D eigenvalue weighted by atomic mass is 10.3. The lowest BCUT2D eigenvalue weighted by molar-refractivity contribution is 0.482. The first-order valence-corrected chi connectivity index (χ1v) is 2.86. The van der Waals surface area contributed by atoms with Gasteiger partial charge in [0.2, 0.25) is 5.96 Å². The Labute approximate surface area is 53.8 Å². The van der Waals surface area contributed by atoms with E-state index in [0.717, 1.165) is 18.7 Å². The predicted octanol–water partition coefficient (Wildman–Crippen LogP) is -0.0385. The van der Waals surface area contributed by atoms with Crippen molar-refractivity contribution in [1.82, 2.24) is 5.01 Å². The molecule has 1 heterocycles. The molecule has 0 unspecified atom stereocenters. The topological polar surface area (TPSA) is 65.5 Å². The van der Waals surface area contributed by atoms with Crippen LogP contribution in [0.5, 0.6) is 0 Å². The summed E-state index contributed by atoms with van der Waals surface area (Å²) >= 11 is 0. The van der Waals surface area contributed by atoms with Crippen LogP contribution in [0.15, 0.2) is 5.10 Å². The number of hydrogen-bond donors (Lipinski definition) is 2. The quantitative estimate of drug-likeness (QED) is 0.353. The van der Waals surface area contributed by atoms with Crippen LogP contribution in [-0.4, -0.2) is 23.2 Å². The molecule has 0 aromatic heterocycles. The first-order valence-electron chi connectivity index (χ1n) is 2.86. The van der Waals surface area contributed by atoms with Crippen molar-refractivity contribution in [3.63, 3.8) is 0 Å². The molecule has 0 radical (unpaired) electrons. The molecule has 1 aliphatic heterocycles. The van der Waals surface area contributed by atoms with Crippen LogP contribution in [0.2, 0.25) is 0 Å². The summed E-state index contributed by atoms with van der Waals surface area (Å²) < 4.78 is 0. The van der Waals surface area contributed by atoms with Crippen molar-refractivity contribution in [3.8, 4) is 0 Å². The second kappa shape index (κ2) is 2.05. The molecule has 4 nitrogen and oxygen atoms in total. The zero-order chi connectivity index (χ0) is 6.85. The first kappa shape index (κ1) is 6.07. The van der Waals surface area contributed by atoms with Gasteiger partial charge in [-0.3, -0.25) is 5.41 Å². The number of nitrogens with one attached hydrogen (secondary N) is 1. The molecule has 0 aromatic rings. The Morgan fingerprint density at radius 3 is 2.78 bits per heavy atom. The highest BCUT2D eigenvalue weighted by atomic mass is 15.5. The van der Waals surface area contributed by atoms with Gasteiger partial charge in [-0.2, -0.15) is 5.10 Å². The number of rotatable bonds is 0. The van der Waals surface area contributed by atoms with E-state index in [2.05, 4.69) is 5.10 Å². The van der Waals surface area contributed by atoms with E-state index in [0.29, 0.717) is 0 Å². The minimum Gasteiger partial charge on any atom is -0.369 e. The van der Waals surface area contributed by atoms with Gasteiger partial charge in [0.1, 0.15) is 0 Å². The minimum atomic E-state index is 0.0341. The van der Waals surface area contributed by atoms with E-state index in [-0.39, 0.29) is 5.96 Å². The molecule has 50 valence electrons. The molecule has 3 N–H and O–H groups in total. The maximum atomic E-state index is 6.98. The Morgan fingerprint density at radius 1 is 1.89 bits per heavy atom. The molecule has 9 heavy (non-hydrogen) atoms. The monoisotopic (exact) mass is 126 g/mol. The third kappa shape index (κ3) is 1.19. The third-order valence-corrected chi connectivity index (χ3v) is 1.25. The van der Waals surface area contributed by atoms with Gasteiger partial charge in [0.15, 0.2) is 0 Å². The van der Waals surface area contributed by atoms with Crippen molar-refractivity contribution < 1.29 is 0 Å². The van der Waals surface area contributed by atoms with Crippen molar-refractivity contribution in [1.29, 1.82) is 5.41 Å². The van der Waals surface area contributed by atoms with Crippen molar-refractivity contribution in [3.05, 3.63) is 0 Å². The third-order valence-electron chi connectivity index (χ3n) is 1.25. The fraction of sp³-hybridized carbons (Fsp3) is 0.600. The van der Waals surface area contributed by atoms with E-state index < -0.39 is 0 Å². The molecule has 0 amide bonds. The molecular formula is C5H10N4. The van der Waals surface area contributed by atoms with Crippen molar-refractivity contribution >= 4 is 11.7 Å². The summed E-state index contributed by atoms with van der Waals surface area (Å²) in [7, 11) is 0. The predicted molar refractivity (Wildman–Crippen MR) is 36.3 cm³/mol. The zero-order valence-electron chi connectivity index (χ0n) is 5.39. The molecule has 0 saturated heterocycles. The summed E-state index contributed by atoms with van der Waals surface area (Å²) in [6.45, 7) is 2.70. The van der Waals surface area contributed by atoms with Crippen LogP contribution in [0.3, 0.4) is 0 Å². The Hall–Kier alpha value is -1.06. The van der Waals surface area contributed by atoms with Gasteiger partial charge in [-0.25, -0.2) is 5.01 Å². The van der Waals surface area contributed by atoms with Crippen LogP contribution in [0.25, 0.3) is 0 Å². The van der Waals surface area contributed by atoms with Gasteiger partial charge in [0.25, 0.3) is 0 Å². The Kier molecular flexibility index (Phi) is 1.38. The second-order valence-corrected chi connectivity index (χ2v) is 2.09. The minimum absolute atomic E-state index is 0.0341. The molecule has 0 spiro atoms. The van der Waals surface area contributed by atoms with Crippen LogP contribution >= 0.6 is 0 Å². The lowest BCUT2D eigenvalue weighted by Crippen LogP contribution is -2.29. The fourth-order valence-electron chi connectivity index (χ4n) is 0.748. The second-order valence-electron chi connectivity index (χ2n) is 2.09. The molecule has 0 fully saturated rings. The summed E-state index contributed by atoms with van der Waals surface area (Å²) in [5.74, 6) is 0.0341. The van der Waals surface area contributed by atoms with Crippen molar-refractivity contribution in [2.24, 2.45) is 10.8 Å². The van der Waals surface area contributed by atoms with E-state index in [1.807, 2.05) is 6.92 Å². The zero-order valence-corrected chi connectivity index (χ0v) is 5.39. The Balaban J connectivity index is 2.57. The van der Waals surface area contributed by atoms with Gasteiger partial charge >= 0.3 is 0 Å². The maximum Gasteiger partial charge on any atom is 0.209 e. The number of guanidine groups is 1. The molecule has 0 saturated carbocycles. The number of hydrazone groups is 1. The fourth-order valence-corrected chi connectivity index (χ4v) is 0.748. The van der Waals surface area contributed by atoms with Gasteiger partial charge in [0.05, 0.1) is 0 Å². The largest absolute Gasteiger partial charge is 0.369 e. The first-order chi connectivity index (χ1) is 4.20. The average molecular weight is 126 g/mol. The summed E-state index contributed by atoms with van der Waals surface area (Å²) in [5, 5.41) is 12.5. The maximum absolute atomic E-state index is 6.98. The lowest BCUT2D eigenvalue weighted by Gasteiger charge is -2.08. The van der Waals surface area contributed by atoms with Gasteiger partial charge in [-0.1, -0.05) is 0 Å². The molecule has 4 heteroatoms. The summed E-state index contributed by atoms with van der Waals surface area (Å²) in [6, 6.07) is 0. The van der Waals surface area contributed by atoms with Crippen LogP contribution < -0.4 is 5.73 Å². The van der Waals surface area contributed by atoms with E-state index in [9.17, 15) is 0 Å². The average Bonchev–Trinajstić information content (AvgIpc) is 2.14. The summed E-state index contributed by atoms with van der Waals surface area (Å²) in [6.07, 6.45) is 0.930. The van der Waals surface area contributed by atoms with Crippen LogP contribution in [0, 0.1) is 5.41 Å². The van der Waals surface area contributed by atoms with Gasteiger partial charge in [-0.05, 0) is 6.92 Å². The molecule has 0 bridgehead atoms. The SMILES string of the molecule is CC1=NN(C(=N)N)CC1. The van der Waals surface area contributed by atoms with Gasteiger partial charge in [-0.15, -0.1) is 0 Å². The standard InChI is InChI=1S/C5H10N4/c1-4-2-3-9(8-4)5(6)7/h2-3H2,1H3,(H3,6,7). The van der Waals surface area contributed by atoms with Gasteiger partial charge < -0.3 is 5.73 Å². The number of nitrogens with zero attached hydrogens (tertiary/aromatic N) is 2. The highest BCUT2D eigenvalue weighted by Crippen LogP contribution is 2.02. The van der Waals surface area contributed by atoms with Crippen molar-refractivity contribution in [2.75, 3.05) is 6.54 Å². The van der Waals surface area contributed by atoms with Crippen LogP contribution in [0.4, 0.5) is 0 Å². The highest BCUT2D eigenvalue weighted by Gasteiger charge is 2.11. The Morgan fingerprint density at radius 2 is 2.56 bits per heavy atom. The molecular weight excluding hydrogens is 116 g/mol. The van der Waals surface area contributed by atoms with Crippen LogP contribution in [0.1, 0.15) is 13.3 Å². The molecule has 0 aromatic carbocycles. The number of hydrogen-bond acceptors (Lipinski definition) is 2. The molecule has 0 aliphatic carbocycles. The molecule has 1 aliphatic rings. The smallest absolute Gasteiger partial charge is 0.209 e. The summed E-state index contributed by atoms with van der Waals surface area (Å²) in [5.41, 5.74) is 6.21. The normalized spacial score (nSPS) is 17.9. The van der Waals surface area contributed by atoms with Crippen molar-refractivity contribution in [2.45, 2.75) is 13.3 Å². The van der Waals surface area contributed by atoms with Crippen LogP contribution in [-0.2, 0) is 0 Å². The number of nitrogens with two attached hydrogens (primary N) is 1. The molecule has 1 rings (SSSR count). The van der Waals surface area contributed by atoms with E-state index in [1.165, 1.54) is 5.01 Å². The Bertz CT molecular complexity index is 160.